The van der Waals surface area contributed by atoms with Crippen LogP contribution in [0.5, 0.6) is 0 Å². The van der Waals surface area contributed by atoms with Gasteiger partial charge in [-0.05, 0) is 18.2 Å². The topological polar surface area (TPSA) is 101 Å². The first-order valence-corrected chi connectivity index (χ1v) is 6.86. The summed E-state index contributed by atoms with van der Waals surface area (Å²) in [6.07, 6.45) is 6.19. The Hall–Kier alpha value is -3.55. The predicted molar refractivity (Wildman–Crippen MR) is 83.2 cm³/mol. The number of aromatic nitrogens is 6. The van der Waals surface area contributed by atoms with Gasteiger partial charge in [-0.2, -0.15) is 10.2 Å². The quantitative estimate of drug-likeness (QED) is 0.601. The molecule has 8 heteroatoms. The first-order chi connectivity index (χ1) is 11.3. The van der Waals surface area contributed by atoms with Gasteiger partial charge in [-0.25, -0.2) is 14.6 Å². The van der Waals surface area contributed by atoms with Crippen LogP contribution in [0.1, 0.15) is 10.4 Å². The van der Waals surface area contributed by atoms with Gasteiger partial charge in [0.15, 0.2) is 5.82 Å². The fraction of sp³-hybridized carbons (Fsp3) is 0. The molecular weight excluding hydrogens is 294 g/mol. The number of amides is 1. The van der Waals surface area contributed by atoms with Crippen LogP contribution in [0, 0.1) is 0 Å². The largest absolute Gasteiger partial charge is 0.320 e. The van der Waals surface area contributed by atoms with E-state index in [-0.39, 0.29) is 5.91 Å². The number of rotatable bonds is 3. The van der Waals surface area contributed by atoms with Crippen molar-refractivity contribution < 1.29 is 4.79 Å². The molecule has 0 saturated carbocycles. The van der Waals surface area contributed by atoms with E-state index >= 15 is 0 Å². The number of anilines is 1. The van der Waals surface area contributed by atoms with E-state index < -0.39 is 0 Å². The van der Waals surface area contributed by atoms with Gasteiger partial charge in [-0.3, -0.25) is 9.89 Å². The molecule has 0 bridgehead atoms. The minimum absolute atomic E-state index is 0.286. The maximum Gasteiger partial charge on any atom is 0.259 e. The average Bonchev–Trinajstić information content (AvgIpc) is 3.27. The van der Waals surface area contributed by atoms with Crippen LogP contribution in [-0.4, -0.2) is 35.9 Å². The van der Waals surface area contributed by atoms with Crippen molar-refractivity contribution in [2.75, 3.05) is 5.32 Å². The molecule has 3 aromatic heterocycles. The second kappa shape index (κ2) is 5.34. The minimum atomic E-state index is -0.286. The molecule has 1 amide bonds. The molecule has 8 nitrogen and oxygen atoms in total. The van der Waals surface area contributed by atoms with Crippen LogP contribution in [0.4, 0.5) is 5.69 Å². The Bertz CT molecular complexity index is 974. The van der Waals surface area contributed by atoms with Crippen molar-refractivity contribution in [1.29, 1.82) is 0 Å². The first kappa shape index (κ1) is 13.1. The van der Waals surface area contributed by atoms with E-state index in [1.165, 1.54) is 17.3 Å². The Morgan fingerprint density at radius 2 is 2.17 bits per heavy atom. The maximum absolute atomic E-state index is 12.6. The molecule has 0 fully saturated rings. The zero-order valence-corrected chi connectivity index (χ0v) is 11.8. The van der Waals surface area contributed by atoms with Gasteiger partial charge in [-0.1, -0.05) is 12.1 Å². The summed E-state index contributed by atoms with van der Waals surface area (Å²) in [5.74, 6) is 0.130. The van der Waals surface area contributed by atoms with Crippen molar-refractivity contribution in [3.8, 4) is 5.82 Å². The number of aromatic amines is 1. The predicted octanol–water partition coefficient (Wildman–Crippen LogP) is 1.79. The molecule has 0 saturated heterocycles. The van der Waals surface area contributed by atoms with E-state index in [0.717, 1.165) is 10.9 Å². The summed E-state index contributed by atoms with van der Waals surface area (Å²) in [4.78, 5) is 20.7. The number of nitrogens with one attached hydrogen (secondary N) is 2. The minimum Gasteiger partial charge on any atom is -0.320 e. The molecule has 0 spiro atoms. The van der Waals surface area contributed by atoms with Gasteiger partial charge in [0.05, 0.1) is 23.0 Å². The summed E-state index contributed by atoms with van der Waals surface area (Å²) < 4.78 is 1.45. The number of hydrogen-bond donors (Lipinski definition) is 2. The summed E-state index contributed by atoms with van der Waals surface area (Å²) in [6.45, 7) is 0. The number of pyridine rings is 1. The van der Waals surface area contributed by atoms with Crippen molar-refractivity contribution >= 4 is 22.5 Å². The van der Waals surface area contributed by atoms with Gasteiger partial charge in [0, 0.05) is 11.6 Å². The van der Waals surface area contributed by atoms with Gasteiger partial charge in [0.1, 0.15) is 12.7 Å². The average molecular weight is 305 g/mol. The molecule has 1 aromatic carbocycles. The van der Waals surface area contributed by atoms with Crippen molar-refractivity contribution in [3.63, 3.8) is 0 Å². The van der Waals surface area contributed by atoms with Crippen molar-refractivity contribution in [2.24, 2.45) is 0 Å². The molecule has 0 unspecified atom stereocenters. The maximum atomic E-state index is 12.6. The van der Waals surface area contributed by atoms with E-state index in [4.69, 9.17) is 0 Å². The highest BCUT2D eigenvalue weighted by atomic mass is 16.1. The highest BCUT2D eigenvalue weighted by molar-refractivity contribution is 6.09. The molecule has 0 aliphatic carbocycles. The molecule has 112 valence electrons. The Kier molecular flexibility index (Phi) is 3.05. The molecule has 4 aromatic rings. The fourth-order valence-electron chi connectivity index (χ4n) is 2.34. The smallest absolute Gasteiger partial charge is 0.259 e. The third-order valence-corrected chi connectivity index (χ3v) is 3.39. The number of fused-ring (bicyclic) bond motifs is 1. The summed E-state index contributed by atoms with van der Waals surface area (Å²) >= 11 is 0. The number of H-pyrrole nitrogens is 1. The van der Waals surface area contributed by atoms with Crippen LogP contribution in [0.2, 0.25) is 0 Å². The number of para-hydroxylation sites is 1. The number of benzene rings is 1. The van der Waals surface area contributed by atoms with E-state index in [1.807, 2.05) is 18.2 Å². The van der Waals surface area contributed by atoms with Crippen LogP contribution in [0.15, 0.2) is 55.4 Å². The zero-order valence-electron chi connectivity index (χ0n) is 11.8. The molecule has 0 aliphatic heterocycles. The van der Waals surface area contributed by atoms with Gasteiger partial charge in [0.2, 0.25) is 0 Å². The van der Waals surface area contributed by atoms with Crippen molar-refractivity contribution in [1.82, 2.24) is 29.9 Å². The lowest BCUT2D eigenvalue weighted by Crippen LogP contribution is -2.16. The van der Waals surface area contributed by atoms with Crippen molar-refractivity contribution in [2.45, 2.75) is 0 Å². The zero-order chi connectivity index (χ0) is 15.6. The fourth-order valence-corrected chi connectivity index (χ4v) is 2.34. The molecule has 0 radical (unpaired) electrons. The van der Waals surface area contributed by atoms with E-state index in [0.29, 0.717) is 17.1 Å². The second-order valence-electron chi connectivity index (χ2n) is 4.81. The molecule has 0 atom stereocenters. The molecule has 2 N–H and O–H groups in total. The number of carbonyl (C=O) groups excluding carboxylic acids is 1. The van der Waals surface area contributed by atoms with E-state index in [9.17, 15) is 4.79 Å². The number of carbonyl (C=O) groups is 1. The summed E-state index contributed by atoms with van der Waals surface area (Å²) in [7, 11) is 0. The standard InChI is InChI=1S/C15H11N7O/c23-15(20-12-5-1-3-10-7-18-21-13(10)12)11-4-2-6-17-14(11)22-9-16-8-19-22/h1-9H,(H,18,21)(H,20,23). The molecule has 0 aliphatic rings. The lowest BCUT2D eigenvalue weighted by molar-refractivity contribution is 0.102. The van der Waals surface area contributed by atoms with Crippen LogP contribution in [-0.2, 0) is 0 Å². The van der Waals surface area contributed by atoms with Crippen molar-refractivity contribution in [3.05, 3.63) is 60.9 Å². The molecule has 3 heterocycles. The first-order valence-electron chi connectivity index (χ1n) is 6.86. The lowest BCUT2D eigenvalue weighted by Gasteiger charge is -2.09. The summed E-state index contributed by atoms with van der Waals surface area (Å²) in [5.41, 5.74) is 1.82. The lowest BCUT2D eigenvalue weighted by atomic mass is 10.2. The summed E-state index contributed by atoms with van der Waals surface area (Å²) in [6, 6.07) is 8.97. The van der Waals surface area contributed by atoms with Gasteiger partial charge < -0.3 is 5.32 Å². The highest BCUT2D eigenvalue weighted by Gasteiger charge is 2.15. The Labute approximate surface area is 130 Å². The Morgan fingerprint density at radius 1 is 1.22 bits per heavy atom. The van der Waals surface area contributed by atoms with Crippen LogP contribution >= 0.6 is 0 Å². The number of nitrogens with zero attached hydrogens (tertiary/aromatic N) is 5. The highest BCUT2D eigenvalue weighted by Crippen LogP contribution is 2.21. The van der Waals surface area contributed by atoms with Crippen LogP contribution in [0.25, 0.3) is 16.7 Å². The molecular formula is C15H11N7O. The molecule has 23 heavy (non-hydrogen) atoms. The molecule has 4 rings (SSSR count). The number of hydrogen-bond acceptors (Lipinski definition) is 5. The summed E-state index contributed by atoms with van der Waals surface area (Å²) in [5, 5.41) is 14.7. The van der Waals surface area contributed by atoms with Gasteiger partial charge >= 0.3 is 0 Å². The van der Waals surface area contributed by atoms with Gasteiger partial charge in [-0.15, -0.1) is 0 Å². The normalized spacial score (nSPS) is 10.8. The van der Waals surface area contributed by atoms with Crippen LogP contribution < -0.4 is 5.32 Å². The van der Waals surface area contributed by atoms with E-state index in [1.54, 1.807) is 24.5 Å². The van der Waals surface area contributed by atoms with Gasteiger partial charge in [0.25, 0.3) is 5.91 Å². The monoisotopic (exact) mass is 305 g/mol. The SMILES string of the molecule is O=C(Nc1cccc2cn[nH]c12)c1cccnc1-n1cncn1. The Morgan fingerprint density at radius 3 is 3.04 bits per heavy atom. The third-order valence-electron chi connectivity index (χ3n) is 3.39. The third kappa shape index (κ3) is 2.31. The second-order valence-corrected chi connectivity index (χ2v) is 4.81. The Balaban J connectivity index is 1.72. The van der Waals surface area contributed by atoms with Crippen LogP contribution in [0.3, 0.4) is 0 Å². The van der Waals surface area contributed by atoms with E-state index in [2.05, 4.69) is 30.6 Å².